The molecule has 5 nitrogen and oxygen atoms in total. The van der Waals surface area contributed by atoms with Gasteiger partial charge in [-0.3, -0.25) is 4.79 Å². The summed E-state index contributed by atoms with van der Waals surface area (Å²) in [4.78, 5) is 13.6. The molecule has 2 unspecified atom stereocenters. The van der Waals surface area contributed by atoms with Gasteiger partial charge in [-0.1, -0.05) is 13.3 Å². The Labute approximate surface area is 115 Å². The molecule has 2 atom stereocenters. The fourth-order valence-corrected chi connectivity index (χ4v) is 3.81. The molecule has 0 saturated carbocycles. The van der Waals surface area contributed by atoms with Crippen molar-refractivity contribution in [2.45, 2.75) is 45.2 Å². The van der Waals surface area contributed by atoms with E-state index in [4.69, 9.17) is 5.73 Å². The summed E-state index contributed by atoms with van der Waals surface area (Å²) in [7, 11) is -2.96. The molecule has 0 bridgehead atoms. The van der Waals surface area contributed by atoms with Crippen LogP contribution in [0.15, 0.2) is 0 Å². The number of hydrogen-bond acceptors (Lipinski definition) is 4. The molecule has 0 aliphatic carbocycles. The lowest BCUT2D eigenvalue weighted by molar-refractivity contribution is -0.134. The number of halogens is 1. The van der Waals surface area contributed by atoms with E-state index >= 15 is 0 Å². The van der Waals surface area contributed by atoms with Gasteiger partial charge in [0.1, 0.15) is 0 Å². The van der Waals surface area contributed by atoms with E-state index in [9.17, 15) is 13.2 Å². The lowest BCUT2D eigenvalue weighted by Crippen LogP contribution is -2.48. The maximum atomic E-state index is 12.0. The molecule has 0 aromatic heterocycles. The number of nitrogens with zero attached hydrogens (tertiary/aromatic N) is 1. The summed E-state index contributed by atoms with van der Waals surface area (Å²) in [6.45, 7) is 4.29. The quantitative estimate of drug-likeness (QED) is 0.805. The van der Waals surface area contributed by atoms with Gasteiger partial charge < -0.3 is 10.6 Å². The monoisotopic (exact) mass is 298 g/mol. The van der Waals surface area contributed by atoms with E-state index in [1.54, 1.807) is 11.8 Å². The lowest BCUT2D eigenvalue weighted by atomic mass is 10.1. The highest BCUT2D eigenvalue weighted by Gasteiger charge is 2.34. The number of carbonyl (C=O) groups is 1. The van der Waals surface area contributed by atoms with Crippen molar-refractivity contribution in [1.82, 2.24) is 4.90 Å². The molecular weight excluding hydrogens is 276 g/mol. The Morgan fingerprint density at radius 1 is 1.50 bits per heavy atom. The number of hydrogen-bond donors (Lipinski definition) is 1. The highest BCUT2D eigenvalue weighted by molar-refractivity contribution is 7.91. The van der Waals surface area contributed by atoms with E-state index in [-0.39, 0.29) is 35.9 Å². The maximum Gasteiger partial charge on any atom is 0.239 e. The van der Waals surface area contributed by atoms with Crippen LogP contribution in [0.1, 0.15) is 33.1 Å². The van der Waals surface area contributed by atoms with Gasteiger partial charge in [-0.2, -0.15) is 0 Å². The largest absolute Gasteiger partial charge is 0.337 e. The minimum Gasteiger partial charge on any atom is -0.337 e. The Morgan fingerprint density at radius 2 is 2.11 bits per heavy atom. The molecular formula is C11H23ClN2O3S. The number of carbonyl (C=O) groups excluding carboxylic acids is 1. The van der Waals surface area contributed by atoms with Crippen LogP contribution in [-0.2, 0) is 14.6 Å². The number of sulfone groups is 1. The second-order valence-corrected chi connectivity index (χ2v) is 6.96. The molecule has 108 valence electrons. The van der Waals surface area contributed by atoms with E-state index in [0.717, 1.165) is 12.8 Å². The molecule has 0 aromatic rings. The van der Waals surface area contributed by atoms with Crippen LogP contribution in [0.5, 0.6) is 0 Å². The predicted octanol–water partition coefficient (Wildman–Crippen LogP) is 0.571. The van der Waals surface area contributed by atoms with Gasteiger partial charge in [-0.15, -0.1) is 12.4 Å². The molecule has 1 saturated heterocycles. The minimum absolute atomic E-state index is 0. The fourth-order valence-electron chi connectivity index (χ4n) is 2.08. The zero-order valence-corrected chi connectivity index (χ0v) is 12.6. The van der Waals surface area contributed by atoms with Gasteiger partial charge in [0.15, 0.2) is 9.84 Å². The van der Waals surface area contributed by atoms with Gasteiger partial charge in [0.05, 0.1) is 17.5 Å². The van der Waals surface area contributed by atoms with Crippen molar-refractivity contribution in [1.29, 1.82) is 0 Å². The Balaban J connectivity index is 0.00000289. The summed E-state index contributed by atoms with van der Waals surface area (Å²) in [6, 6.07) is -0.736. The van der Waals surface area contributed by atoms with Crippen LogP contribution >= 0.6 is 12.4 Å². The summed E-state index contributed by atoms with van der Waals surface area (Å²) in [5, 5.41) is 0. The van der Waals surface area contributed by atoms with E-state index < -0.39 is 15.9 Å². The summed E-state index contributed by atoms with van der Waals surface area (Å²) >= 11 is 0. The molecule has 1 amide bonds. The van der Waals surface area contributed by atoms with E-state index in [1.807, 2.05) is 6.92 Å². The standard InChI is InChI=1S/C11H22N2O3S.ClH/c1-3-4-6-13(11(14)9(2)12)10-5-7-17(15,16)8-10;/h9-10H,3-8,12H2,1-2H3;1H. The number of amides is 1. The maximum absolute atomic E-state index is 12.0. The third kappa shape index (κ3) is 4.74. The third-order valence-corrected chi connectivity index (χ3v) is 4.82. The molecule has 1 fully saturated rings. The Morgan fingerprint density at radius 3 is 2.50 bits per heavy atom. The van der Waals surface area contributed by atoms with Gasteiger partial charge in [0.25, 0.3) is 0 Å². The normalized spacial score (nSPS) is 23.2. The SMILES string of the molecule is CCCCN(C(=O)C(C)N)C1CCS(=O)(=O)C1.Cl. The highest BCUT2D eigenvalue weighted by Crippen LogP contribution is 2.19. The molecule has 1 aliphatic rings. The van der Waals surface area contributed by atoms with Gasteiger partial charge in [-0.05, 0) is 19.8 Å². The first-order valence-corrected chi connectivity index (χ1v) is 7.96. The first-order chi connectivity index (χ1) is 7.87. The zero-order chi connectivity index (χ0) is 13.1. The first kappa shape index (κ1) is 17.7. The van der Waals surface area contributed by atoms with Gasteiger partial charge >= 0.3 is 0 Å². The van der Waals surface area contributed by atoms with Crippen molar-refractivity contribution in [3.05, 3.63) is 0 Å². The smallest absolute Gasteiger partial charge is 0.239 e. The van der Waals surface area contributed by atoms with E-state index in [0.29, 0.717) is 13.0 Å². The van der Waals surface area contributed by atoms with Crippen molar-refractivity contribution in [2.75, 3.05) is 18.1 Å². The van der Waals surface area contributed by atoms with Crippen molar-refractivity contribution in [3.63, 3.8) is 0 Å². The second kappa shape index (κ2) is 7.31. The lowest BCUT2D eigenvalue weighted by Gasteiger charge is -2.29. The van der Waals surface area contributed by atoms with Crippen LogP contribution in [0, 0.1) is 0 Å². The van der Waals surface area contributed by atoms with E-state index in [1.165, 1.54) is 0 Å². The summed E-state index contributed by atoms with van der Waals surface area (Å²) in [5.74, 6) is 0.141. The van der Waals surface area contributed by atoms with Crippen LogP contribution < -0.4 is 5.73 Å². The average molecular weight is 299 g/mol. The Kier molecular flexibility index (Phi) is 7.17. The van der Waals surface area contributed by atoms with Crippen LogP contribution in [-0.4, -0.2) is 49.4 Å². The molecule has 1 aliphatic heterocycles. The fraction of sp³-hybridized carbons (Fsp3) is 0.909. The molecule has 2 N–H and O–H groups in total. The first-order valence-electron chi connectivity index (χ1n) is 6.14. The van der Waals surface area contributed by atoms with Crippen LogP contribution in [0.25, 0.3) is 0 Å². The van der Waals surface area contributed by atoms with Gasteiger partial charge in [-0.25, -0.2) is 8.42 Å². The summed E-state index contributed by atoms with van der Waals surface area (Å²) in [6.07, 6.45) is 2.40. The number of rotatable bonds is 5. The van der Waals surface area contributed by atoms with Crippen LogP contribution in [0.4, 0.5) is 0 Å². The molecule has 1 heterocycles. The topological polar surface area (TPSA) is 80.5 Å². The number of nitrogens with two attached hydrogens (primary N) is 1. The van der Waals surface area contributed by atoms with Crippen LogP contribution in [0.2, 0.25) is 0 Å². The van der Waals surface area contributed by atoms with Crippen molar-refractivity contribution >= 4 is 28.2 Å². The van der Waals surface area contributed by atoms with Crippen molar-refractivity contribution in [2.24, 2.45) is 5.73 Å². The van der Waals surface area contributed by atoms with Gasteiger partial charge in [0.2, 0.25) is 5.91 Å². The number of unbranched alkanes of at least 4 members (excludes halogenated alkanes) is 1. The Hall–Kier alpha value is -0.330. The molecule has 7 heteroatoms. The van der Waals surface area contributed by atoms with Crippen LogP contribution in [0.3, 0.4) is 0 Å². The molecule has 0 aromatic carbocycles. The molecule has 1 rings (SSSR count). The van der Waals surface area contributed by atoms with Gasteiger partial charge in [0, 0.05) is 12.6 Å². The summed E-state index contributed by atoms with van der Waals surface area (Å²) < 4.78 is 22.9. The third-order valence-electron chi connectivity index (χ3n) is 3.07. The minimum atomic E-state index is -2.96. The van der Waals surface area contributed by atoms with Crippen molar-refractivity contribution in [3.8, 4) is 0 Å². The van der Waals surface area contributed by atoms with E-state index in [2.05, 4.69) is 0 Å². The average Bonchev–Trinajstić information content (AvgIpc) is 2.59. The molecule has 0 spiro atoms. The Bertz CT molecular complexity index is 370. The second-order valence-electron chi connectivity index (χ2n) is 4.73. The zero-order valence-electron chi connectivity index (χ0n) is 11.0. The van der Waals surface area contributed by atoms with Crippen molar-refractivity contribution < 1.29 is 13.2 Å². The molecule has 18 heavy (non-hydrogen) atoms. The molecule has 0 radical (unpaired) electrons. The predicted molar refractivity (Wildman–Crippen MR) is 74.6 cm³/mol. The summed E-state index contributed by atoms with van der Waals surface area (Å²) in [5.41, 5.74) is 5.60. The highest BCUT2D eigenvalue weighted by atomic mass is 35.5.